The second kappa shape index (κ2) is 8.88. The minimum atomic E-state index is -0.745. The van der Waals surface area contributed by atoms with Crippen LogP contribution >= 0.6 is 11.6 Å². The summed E-state index contributed by atoms with van der Waals surface area (Å²) in [4.78, 5) is 15.9. The molecule has 0 spiro atoms. The Hall–Kier alpha value is -2.51. The van der Waals surface area contributed by atoms with Crippen LogP contribution in [0.2, 0.25) is 5.02 Å². The van der Waals surface area contributed by atoms with Crippen molar-refractivity contribution in [2.24, 2.45) is 0 Å². The molecular formula is C21H21ClN4O2S. The second-order valence-electron chi connectivity index (χ2n) is 6.57. The number of hydrogen-bond acceptors (Lipinski definition) is 6. The lowest BCUT2D eigenvalue weighted by Gasteiger charge is -2.27. The Morgan fingerprint density at radius 3 is 2.59 bits per heavy atom. The van der Waals surface area contributed by atoms with E-state index in [1.165, 1.54) is 0 Å². The smallest absolute Gasteiger partial charge is 0.147 e. The first-order valence-electron chi connectivity index (χ1n) is 9.46. The van der Waals surface area contributed by atoms with Crippen LogP contribution in [0.1, 0.15) is 6.92 Å². The van der Waals surface area contributed by atoms with Crippen LogP contribution in [-0.4, -0.2) is 50.4 Å². The zero-order valence-electron chi connectivity index (χ0n) is 16.0. The fourth-order valence-corrected chi connectivity index (χ4v) is 4.56. The summed E-state index contributed by atoms with van der Waals surface area (Å²) in [5, 5.41) is 0.557. The van der Waals surface area contributed by atoms with Crippen LogP contribution in [-0.2, 0) is 10.8 Å². The monoisotopic (exact) mass is 428 g/mol. The first kappa shape index (κ1) is 19.8. The zero-order valence-corrected chi connectivity index (χ0v) is 17.6. The van der Waals surface area contributed by atoms with E-state index < -0.39 is 10.8 Å². The lowest BCUT2D eigenvalue weighted by atomic mass is 10.0. The molecule has 0 atom stereocenters. The van der Waals surface area contributed by atoms with E-state index in [1.54, 1.807) is 24.7 Å². The van der Waals surface area contributed by atoms with Gasteiger partial charge in [-0.15, -0.1) is 0 Å². The Morgan fingerprint density at radius 1 is 1.14 bits per heavy atom. The first-order valence-corrected chi connectivity index (χ1v) is 11.3. The molecule has 1 aliphatic heterocycles. The average molecular weight is 429 g/mol. The lowest BCUT2D eigenvalue weighted by Crippen LogP contribution is -2.38. The second-order valence-corrected chi connectivity index (χ2v) is 8.67. The van der Waals surface area contributed by atoms with Crippen LogP contribution < -0.4 is 9.64 Å². The van der Waals surface area contributed by atoms with Gasteiger partial charge in [0.1, 0.15) is 11.6 Å². The Balaban J connectivity index is 1.78. The zero-order chi connectivity index (χ0) is 20.2. The molecule has 29 heavy (non-hydrogen) atoms. The van der Waals surface area contributed by atoms with E-state index in [1.807, 2.05) is 31.2 Å². The maximum absolute atomic E-state index is 11.7. The van der Waals surface area contributed by atoms with Gasteiger partial charge in [0.25, 0.3) is 0 Å². The minimum absolute atomic E-state index is 0.557. The van der Waals surface area contributed by atoms with Crippen molar-refractivity contribution in [3.8, 4) is 28.3 Å². The number of aromatic nitrogens is 3. The van der Waals surface area contributed by atoms with E-state index in [0.717, 1.165) is 28.4 Å². The highest BCUT2D eigenvalue weighted by atomic mass is 35.5. The number of pyridine rings is 1. The van der Waals surface area contributed by atoms with Crippen molar-refractivity contribution in [3.63, 3.8) is 0 Å². The normalized spacial score (nSPS) is 14.8. The largest absolute Gasteiger partial charge is 0.494 e. The molecule has 0 bridgehead atoms. The summed E-state index contributed by atoms with van der Waals surface area (Å²) >= 11 is 6.56. The number of nitrogens with zero attached hydrogens (tertiary/aromatic N) is 4. The van der Waals surface area contributed by atoms with Gasteiger partial charge in [-0.3, -0.25) is 14.2 Å². The predicted molar refractivity (Wildman–Crippen MR) is 117 cm³/mol. The number of anilines is 1. The van der Waals surface area contributed by atoms with Crippen LogP contribution in [0.25, 0.3) is 22.5 Å². The fourth-order valence-electron chi connectivity index (χ4n) is 3.25. The van der Waals surface area contributed by atoms with Gasteiger partial charge >= 0.3 is 0 Å². The number of halogens is 1. The molecule has 1 saturated heterocycles. The van der Waals surface area contributed by atoms with Gasteiger partial charge in [-0.2, -0.15) is 0 Å². The molecule has 0 unspecified atom stereocenters. The van der Waals surface area contributed by atoms with Crippen molar-refractivity contribution < 1.29 is 8.95 Å². The minimum Gasteiger partial charge on any atom is -0.494 e. The van der Waals surface area contributed by atoms with Gasteiger partial charge < -0.3 is 9.64 Å². The summed E-state index contributed by atoms with van der Waals surface area (Å²) in [5.41, 5.74) is 3.15. The molecule has 0 saturated carbocycles. The number of hydrogen-bond donors (Lipinski definition) is 0. The van der Waals surface area contributed by atoms with E-state index in [4.69, 9.17) is 26.3 Å². The van der Waals surface area contributed by atoms with Gasteiger partial charge in [0.2, 0.25) is 0 Å². The van der Waals surface area contributed by atoms with Gasteiger partial charge in [0.05, 0.1) is 29.2 Å². The molecule has 3 aromatic rings. The molecule has 1 aromatic carbocycles. The highest BCUT2D eigenvalue weighted by Gasteiger charge is 2.20. The quantitative estimate of drug-likeness (QED) is 0.615. The topological polar surface area (TPSA) is 68.2 Å². The Morgan fingerprint density at radius 2 is 1.90 bits per heavy atom. The standard InChI is InChI=1S/C21H21ClN4O2S/c1-2-28-16-3-4-17(18(22)13-16)21-20(15-5-7-23-8-6-15)25-19(14-24-21)26-9-11-29(27)12-10-26/h3-8,13-14H,2,9-12H2,1H3. The van der Waals surface area contributed by atoms with Crippen molar-refractivity contribution in [1.29, 1.82) is 0 Å². The molecular weight excluding hydrogens is 408 g/mol. The van der Waals surface area contributed by atoms with Crippen LogP contribution in [0.4, 0.5) is 5.82 Å². The third-order valence-electron chi connectivity index (χ3n) is 4.72. The summed E-state index contributed by atoms with van der Waals surface area (Å²) < 4.78 is 17.2. The summed E-state index contributed by atoms with van der Waals surface area (Å²) in [6.07, 6.45) is 5.23. The maximum atomic E-state index is 11.7. The summed E-state index contributed by atoms with van der Waals surface area (Å²) in [5.74, 6) is 2.80. The van der Waals surface area contributed by atoms with Crippen LogP contribution in [0, 0.1) is 0 Å². The van der Waals surface area contributed by atoms with E-state index in [-0.39, 0.29) is 0 Å². The number of ether oxygens (including phenoxy) is 1. The lowest BCUT2D eigenvalue weighted by molar-refractivity contribution is 0.340. The van der Waals surface area contributed by atoms with Crippen molar-refractivity contribution in [2.75, 3.05) is 36.1 Å². The van der Waals surface area contributed by atoms with Gasteiger partial charge in [-0.25, -0.2) is 4.98 Å². The fraction of sp³-hybridized carbons (Fsp3) is 0.286. The van der Waals surface area contributed by atoms with Gasteiger partial charge in [0, 0.05) is 58.9 Å². The van der Waals surface area contributed by atoms with Crippen LogP contribution in [0.5, 0.6) is 5.75 Å². The Labute approximate surface area is 177 Å². The molecule has 1 fully saturated rings. The highest BCUT2D eigenvalue weighted by molar-refractivity contribution is 7.85. The summed E-state index contributed by atoms with van der Waals surface area (Å²) in [6.45, 7) is 3.93. The third kappa shape index (κ3) is 4.41. The third-order valence-corrected chi connectivity index (χ3v) is 6.31. The molecule has 1 aliphatic rings. The summed E-state index contributed by atoms with van der Waals surface area (Å²) in [7, 11) is -0.745. The van der Waals surface area contributed by atoms with Crippen LogP contribution in [0.15, 0.2) is 48.9 Å². The molecule has 3 heterocycles. The van der Waals surface area contributed by atoms with E-state index in [2.05, 4.69) is 9.88 Å². The molecule has 0 aliphatic carbocycles. The van der Waals surface area contributed by atoms with Gasteiger partial charge in [0.15, 0.2) is 0 Å². The van der Waals surface area contributed by atoms with Crippen molar-refractivity contribution in [3.05, 3.63) is 53.9 Å². The molecule has 4 rings (SSSR count). The van der Waals surface area contributed by atoms with E-state index in [0.29, 0.717) is 41.9 Å². The molecule has 2 aromatic heterocycles. The number of rotatable bonds is 5. The van der Waals surface area contributed by atoms with E-state index in [9.17, 15) is 4.21 Å². The van der Waals surface area contributed by atoms with E-state index >= 15 is 0 Å². The van der Waals surface area contributed by atoms with Crippen LogP contribution in [0.3, 0.4) is 0 Å². The maximum Gasteiger partial charge on any atom is 0.147 e. The van der Waals surface area contributed by atoms with Crippen molar-refractivity contribution >= 4 is 28.2 Å². The van der Waals surface area contributed by atoms with Crippen molar-refractivity contribution in [1.82, 2.24) is 15.0 Å². The average Bonchev–Trinajstić information content (AvgIpc) is 2.75. The molecule has 150 valence electrons. The predicted octanol–water partition coefficient (Wildman–Crippen LogP) is 3.83. The number of benzene rings is 1. The summed E-state index contributed by atoms with van der Waals surface area (Å²) in [6, 6.07) is 9.41. The molecule has 0 N–H and O–H groups in total. The highest BCUT2D eigenvalue weighted by Crippen LogP contribution is 2.36. The molecule has 8 heteroatoms. The van der Waals surface area contributed by atoms with Gasteiger partial charge in [-0.1, -0.05) is 11.6 Å². The molecule has 6 nitrogen and oxygen atoms in total. The first-order chi connectivity index (χ1) is 14.2. The SMILES string of the molecule is CCOc1ccc(-c2ncc(N3CCS(=O)CC3)nc2-c2ccncc2)c(Cl)c1. The van der Waals surface area contributed by atoms with Crippen molar-refractivity contribution in [2.45, 2.75) is 6.92 Å². The Bertz CT molecular complexity index is 1020. The van der Waals surface area contributed by atoms with Gasteiger partial charge in [-0.05, 0) is 37.3 Å². The Kier molecular flexibility index (Phi) is 6.06. The molecule has 0 radical (unpaired) electrons. The molecule has 0 amide bonds.